The van der Waals surface area contributed by atoms with E-state index in [0.29, 0.717) is 29.4 Å². The molecule has 1 aromatic carbocycles. The summed E-state index contributed by atoms with van der Waals surface area (Å²) < 4.78 is 16.0. The Labute approximate surface area is 156 Å². The summed E-state index contributed by atoms with van der Waals surface area (Å²) >= 11 is 1.62. The molecule has 1 aliphatic rings. The van der Waals surface area contributed by atoms with Gasteiger partial charge in [0.15, 0.2) is 16.6 Å². The van der Waals surface area contributed by atoms with Crippen molar-refractivity contribution in [2.75, 3.05) is 39.3 Å². The number of carbonyl (C=O) groups is 1. The fourth-order valence-corrected chi connectivity index (χ4v) is 3.98. The molecular weight excluding hydrogens is 354 g/mol. The predicted octanol–water partition coefficient (Wildman–Crippen LogP) is 2.57. The van der Waals surface area contributed by atoms with Gasteiger partial charge < -0.3 is 24.4 Å². The summed E-state index contributed by atoms with van der Waals surface area (Å²) in [4.78, 5) is 19.4. The van der Waals surface area contributed by atoms with E-state index in [0.717, 1.165) is 24.5 Å². The summed E-state index contributed by atoms with van der Waals surface area (Å²) in [5.41, 5.74) is 0.420. The monoisotopic (exact) mass is 377 g/mol. The minimum Gasteiger partial charge on any atom is -0.493 e. The highest BCUT2D eigenvalue weighted by Gasteiger charge is 2.27. The molecule has 1 aromatic heterocycles. The molecule has 1 saturated heterocycles. The van der Waals surface area contributed by atoms with Gasteiger partial charge in [0, 0.05) is 30.7 Å². The zero-order valence-electron chi connectivity index (χ0n) is 15.2. The lowest BCUT2D eigenvalue weighted by molar-refractivity contribution is 0.0947. The summed E-state index contributed by atoms with van der Waals surface area (Å²) in [7, 11) is 4.58. The van der Waals surface area contributed by atoms with Gasteiger partial charge in [0.25, 0.3) is 5.91 Å². The molecule has 8 heteroatoms. The Kier molecular flexibility index (Phi) is 5.82. The second-order valence-electron chi connectivity index (χ2n) is 5.90. The molecule has 2 heterocycles. The number of nitrogens with zero attached hydrogens (tertiary/aromatic N) is 2. The van der Waals surface area contributed by atoms with Crippen molar-refractivity contribution < 1.29 is 19.0 Å². The number of hydrogen-bond acceptors (Lipinski definition) is 7. The number of carbonyl (C=O) groups excluding carboxylic acids is 1. The highest BCUT2D eigenvalue weighted by atomic mass is 32.1. The van der Waals surface area contributed by atoms with Gasteiger partial charge in [0.05, 0.1) is 26.9 Å². The van der Waals surface area contributed by atoms with Crippen LogP contribution in [0.3, 0.4) is 0 Å². The van der Waals surface area contributed by atoms with E-state index in [4.69, 9.17) is 14.2 Å². The molecule has 1 fully saturated rings. The molecule has 0 saturated carbocycles. The van der Waals surface area contributed by atoms with E-state index < -0.39 is 0 Å². The van der Waals surface area contributed by atoms with Gasteiger partial charge in [-0.15, -0.1) is 11.3 Å². The molecular formula is C18H23N3O4S. The maximum absolute atomic E-state index is 12.7. The summed E-state index contributed by atoms with van der Waals surface area (Å²) in [6, 6.07) is 3.63. The Hall–Kier alpha value is -2.48. The SMILES string of the molecule is COc1ccc(C(=O)NCC2CCCN2c2nccs2)c(OC)c1OC. The summed E-state index contributed by atoms with van der Waals surface area (Å²) in [6.45, 7) is 1.52. The lowest BCUT2D eigenvalue weighted by Crippen LogP contribution is -2.40. The van der Waals surface area contributed by atoms with Gasteiger partial charge in [-0.25, -0.2) is 4.98 Å². The average Bonchev–Trinajstić information content (AvgIpc) is 3.35. The van der Waals surface area contributed by atoms with Crippen molar-refractivity contribution in [3.8, 4) is 17.2 Å². The van der Waals surface area contributed by atoms with Crippen LogP contribution in [-0.2, 0) is 0 Å². The van der Waals surface area contributed by atoms with Crippen LogP contribution in [0.4, 0.5) is 5.13 Å². The predicted molar refractivity (Wildman–Crippen MR) is 101 cm³/mol. The number of amides is 1. The van der Waals surface area contributed by atoms with Crippen LogP contribution in [0.2, 0.25) is 0 Å². The fraction of sp³-hybridized carbons (Fsp3) is 0.444. The first-order chi connectivity index (χ1) is 12.7. The molecule has 0 radical (unpaired) electrons. The van der Waals surface area contributed by atoms with Crippen LogP contribution in [0.15, 0.2) is 23.7 Å². The first kappa shape index (κ1) is 18.3. The van der Waals surface area contributed by atoms with E-state index in [-0.39, 0.29) is 11.9 Å². The van der Waals surface area contributed by atoms with Gasteiger partial charge in [-0.1, -0.05) is 0 Å². The zero-order valence-corrected chi connectivity index (χ0v) is 16.0. The Balaban J connectivity index is 1.72. The van der Waals surface area contributed by atoms with Crippen LogP contribution >= 0.6 is 11.3 Å². The van der Waals surface area contributed by atoms with Crippen molar-refractivity contribution in [1.29, 1.82) is 0 Å². The molecule has 1 amide bonds. The number of hydrogen-bond donors (Lipinski definition) is 1. The molecule has 0 spiro atoms. The third kappa shape index (κ3) is 3.55. The fourth-order valence-electron chi connectivity index (χ4n) is 3.24. The standard InChI is InChI=1S/C18H23N3O4S/c1-23-14-7-6-13(15(24-2)16(14)25-3)17(22)20-11-12-5-4-9-21(12)18-19-8-10-26-18/h6-8,10,12H,4-5,9,11H2,1-3H3,(H,20,22). The number of anilines is 1. The third-order valence-corrected chi connectivity index (χ3v) is 5.30. The normalized spacial score (nSPS) is 16.4. The largest absolute Gasteiger partial charge is 0.493 e. The molecule has 0 bridgehead atoms. The maximum Gasteiger partial charge on any atom is 0.255 e. The quantitative estimate of drug-likeness (QED) is 0.800. The van der Waals surface area contributed by atoms with E-state index in [1.54, 1.807) is 30.6 Å². The molecule has 3 rings (SSSR count). The Morgan fingerprint density at radius 3 is 2.73 bits per heavy atom. The number of thiazole rings is 1. The van der Waals surface area contributed by atoms with Crippen LogP contribution < -0.4 is 24.4 Å². The topological polar surface area (TPSA) is 72.9 Å². The first-order valence-corrected chi connectivity index (χ1v) is 9.30. The van der Waals surface area contributed by atoms with Crippen LogP contribution in [-0.4, -0.2) is 51.4 Å². The number of nitrogens with one attached hydrogen (secondary N) is 1. The van der Waals surface area contributed by atoms with Gasteiger partial charge >= 0.3 is 0 Å². The second kappa shape index (κ2) is 8.27. The molecule has 2 aromatic rings. The lowest BCUT2D eigenvalue weighted by Gasteiger charge is -2.24. The maximum atomic E-state index is 12.7. The smallest absolute Gasteiger partial charge is 0.255 e. The van der Waals surface area contributed by atoms with Crippen molar-refractivity contribution in [3.63, 3.8) is 0 Å². The van der Waals surface area contributed by atoms with E-state index >= 15 is 0 Å². The van der Waals surface area contributed by atoms with Crippen LogP contribution in [0, 0.1) is 0 Å². The van der Waals surface area contributed by atoms with Crippen molar-refractivity contribution in [2.24, 2.45) is 0 Å². The first-order valence-electron chi connectivity index (χ1n) is 8.42. The van der Waals surface area contributed by atoms with Gasteiger partial charge in [0.2, 0.25) is 5.75 Å². The van der Waals surface area contributed by atoms with Crippen LogP contribution in [0.1, 0.15) is 23.2 Å². The Bertz CT molecular complexity index is 751. The Morgan fingerprint density at radius 2 is 2.08 bits per heavy atom. The van der Waals surface area contributed by atoms with Gasteiger partial charge in [0.1, 0.15) is 0 Å². The zero-order chi connectivity index (χ0) is 18.5. The summed E-state index contributed by atoms with van der Waals surface area (Å²) in [5.74, 6) is 1.10. The number of ether oxygens (including phenoxy) is 3. The minimum atomic E-state index is -0.200. The number of benzene rings is 1. The second-order valence-corrected chi connectivity index (χ2v) is 6.77. The molecule has 1 unspecified atom stereocenters. The highest BCUT2D eigenvalue weighted by Crippen LogP contribution is 2.39. The molecule has 1 N–H and O–H groups in total. The van der Waals surface area contributed by atoms with Gasteiger partial charge in [-0.05, 0) is 25.0 Å². The minimum absolute atomic E-state index is 0.200. The molecule has 1 aliphatic heterocycles. The lowest BCUT2D eigenvalue weighted by atomic mass is 10.1. The number of aromatic nitrogens is 1. The summed E-state index contributed by atoms with van der Waals surface area (Å²) in [5, 5.41) is 5.99. The van der Waals surface area contributed by atoms with E-state index in [9.17, 15) is 4.79 Å². The molecule has 7 nitrogen and oxygen atoms in total. The van der Waals surface area contributed by atoms with Crippen molar-refractivity contribution in [3.05, 3.63) is 29.3 Å². The third-order valence-electron chi connectivity index (χ3n) is 4.49. The molecule has 140 valence electrons. The number of methoxy groups -OCH3 is 3. The molecule has 26 heavy (non-hydrogen) atoms. The highest BCUT2D eigenvalue weighted by molar-refractivity contribution is 7.13. The van der Waals surface area contributed by atoms with Crippen LogP contribution in [0.5, 0.6) is 17.2 Å². The molecule has 0 aliphatic carbocycles. The van der Waals surface area contributed by atoms with E-state index in [2.05, 4.69) is 15.2 Å². The number of rotatable bonds is 7. The van der Waals surface area contributed by atoms with Crippen molar-refractivity contribution in [1.82, 2.24) is 10.3 Å². The van der Waals surface area contributed by atoms with Crippen molar-refractivity contribution >= 4 is 22.4 Å². The average molecular weight is 377 g/mol. The van der Waals surface area contributed by atoms with Crippen LogP contribution in [0.25, 0.3) is 0 Å². The van der Waals surface area contributed by atoms with Gasteiger partial charge in [-0.3, -0.25) is 4.79 Å². The van der Waals surface area contributed by atoms with E-state index in [1.165, 1.54) is 14.2 Å². The molecule has 1 atom stereocenters. The summed E-state index contributed by atoms with van der Waals surface area (Å²) in [6.07, 6.45) is 3.94. The van der Waals surface area contributed by atoms with Gasteiger partial charge in [-0.2, -0.15) is 0 Å². The van der Waals surface area contributed by atoms with Crippen molar-refractivity contribution in [2.45, 2.75) is 18.9 Å². The Morgan fingerprint density at radius 1 is 1.27 bits per heavy atom. The van der Waals surface area contributed by atoms with E-state index in [1.807, 2.05) is 11.6 Å².